The van der Waals surface area contributed by atoms with Gasteiger partial charge in [0.1, 0.15) is 55.2 Å². The summed E-state index contributed by atoms with van der Waals surface area (Å²) in [6.45, 7) is 0.783. The fourth-order valence-electron chi connectivity index (χ4n) is 6.15. The quantitative estimate of drug-likeness (QED) is 0.101. The van der Waals surface area contributed by atoms with Crippen molar-refractivity contribution in [2.45, 2.75) is 13.2 Å². The Kier molecular flexibility index (Phi) is 13.9. The second-order valence-corrected chi connectivity index (χ2v) is 17.9. The van der Waals surface area contributed by atoms with E-state index in [1.165, 1.54) is 6.33 Å². The van der Waals surface area contributed by atoms with Crippen LogP contribution in [0.2, 0.25) is 10.0 Å². The van der Waals surface area contributed by atoms with Gasteiger partial charge >= 0.3 is 0 Å². The zero-order valence-electron chi connectivity index (χ0n) is 33.5. The maximum Gasteiger partial charge on any atom is 0.151 e. The van der Waals surface area contributed by atoms with Gasteiger partial charge in [-0.05, 0) is 93.3 Å². The summed E-state index contributed by atoms with van der Waals surface area (Å²) in [7, 11) is 3.28. The topological polar surface area (TPSA) is 130 Å². The van der Waals surface area contributed by atoms with Crippen molar-refractivity contribution in [1.29, 1.82) is 0 Å². The number of anilines is 4. The lowest BCUT2D eigenvalue weighted by Gasteiger charge is -2.12. The fraction of sp³-hybridized carbons (Fsp3) is 0.0851. The fourth-order valence-corrected chi connectivity index (χ4v) is 9.04. The lowest BCUT2D eigenvalue weighted by atomic mass is 10.1. The molecular weight excluding hydrogens is 943 g/mol. The number of halogens is 3. The highest BCUT2D eigenvalue weighted by atomic mass is 79.9. The monoisotopic (exact) mass is 976 g/mol. The number of carbonyl (C=O) groups is 1. The second kappa shape index (κ2) is 20.3. The molecular formula is C47H35BrCl2N6O5S2. The summed E-state index contributed by atoms with van der Waals surface area (Å²) in [6, 6.07) is 38.0. The molecule has 0 spiro atoms. The molecule has 63 heavy (non-hydrogen) atoms. The van der Waals surface area contributed by atoms with E-state index < -0.39 is 0 Å². The summed E-state index contributed by atoms with van der Waals surface area (Å²) < 4.78 is 25.2. The molecule has 0 radical (unpaired) electrons. The predicted molar refractivity (Wildman–Crippen MR) is 257 cm³/mol. The van der Waals surface area contributed by atoms with Crippen molar-refractivity contribution >= 4 is 112 Å². The van der Waals surface area contributed by atoms with E-state index >= 15 is 0 Å². The summed E-state index contributed by atoms with van der Waals surface area (Å²) in [5.74, 6) is 4.21. The number of fused-ring (bicyclic) bond motifs is 2. The molecule has 0 atom stereocenters. The molecule has 0 fully saturated rings. The highest BCUT2D eigenvalue weighted by Crippen LogP contribution is 2.39. The van der Waals surface area contributed by atoms with E-state index in [0.29, 0.717) is 46.1 Å². The van der Waals surface area contributed by atoms with Crippen LogP contribution in [0.15, 0.2) is 138 Å². The maximum absolute atomic E-state index is 10.9. The first-order valence-corrected chi connectivity index (χ1v) is 22.3. The summed E-state index contributed by atoms with van der Waals surface area (Å²) in [4.78, 5) is 29.5. The van der Waals surface area contributed by atoms with Crippen LogP contribution in [0.5, 0.6) is 23.0 Å². The van der Waals surface area contributed by atoms with E-state index in [1.807, 2.05) is 97.1 Å². The Hall–Kier alpha value is -6.29. The highest BCUT2D eigenvalue weighted by molar-refractivity contribution is 9.11. The van der Waals surface area contributed by atoms with E-state index in [2.05, 4.69) is 46.5 Å². The van der Waals surface area contributed by atoms with Gasteiger partial charge in [0.2, 0.25) is 0 Å². The van der Waals surface area contributed by atoms with Gasteiger partial charge < -0.3 is 29.6 Å². The zero-order chi connectivity index (χ0) is 43.7. The predicted octanol–water partition coefficient (Wildman–Crippen LogP) is 13.6. The minimum absolute atomic E-state index is 0.377. The standard InChI is InChI=1S/C27H20ClN3O3S.C20H15BrClN3O2S/c1-33-21-9-4-18(5-10-21)15-34-24-12-20(8-11-22(24)28)31-27-26-23(29-16-30-27)13-25(35-26)19-6-2-17(14-32)3-7-19;1-26-14-5-2-12(3-6-14)10-27-17-8-13(4-7-15(17)22)25-20-19-16(23-11-24-20)9-18(21)28-19/h2-14,16H,15H2,1H3,(H,29,30,31);2-9,11H,10H2,1H3,(H,23,24,25). The Bertz CT molecular complexity index is 3010. The van der Waals surface area contributed by atoms with Crippen molar-refractivity contribution in [3.63, 3.8) is 0 Å². The van der Waals surface area contributed by atoms with Crippen molar-refractivity contribution in [1.82, 2.24) is 19.9 Å². The van der Waals surface area contributed by atoms with Crippen LogP contribution in [0.3, 0.4) is 0 Å². The lowest BCUT2D eigenvalue weighted by molar-refractivity contribution is 0.112. The number of rotatable bonds is 14. The number of thiophene rings is 2. The molecule has 11 nitrogen and oxygen atoms in total. The lowest BCUT2D eigenvalue weighted by Crippen LogP contribution is -1.98. The van der Waals surface area contributed by atoms with Gasteiger partial charge in [-0.3, -0.25) is 4.79 Å². The Morgan fingerprint density at radius 2 is 1.10 bits per heavy atom. The molecule has 2 N–H and O–H groups in total. The van der Waals surface area contributed by atoms with E-state index in [0.717, 1.165) is 80.8 Å². The number of nitrogens with one attached hydrogen (secondary N) is 2. The largest absolute Gasteiger partial charge is 0.497 e. The molecule has 9 rings (SSSR count). The Labute approximate surface area is 388 Å². The number of carbonyl (C=O) groups excluding carboxylic acids is 1. The molecule has 5 aromatic carbocycles. The average molecular weight is 979 g/mol. The van der Waals surface area contributed by atoms with Crippen LogP contribution in [-0.2, 0) is 13.2 Å². The minimum Gasteiger partial charge on any atom is -0.497 e. The Balaban J connectivity index is 0.000000177. The van der Waals surface area contributed by atoms with Crippen molar-refractivity contribution in [2.75, 3.05) is 24.9 Å². The molecule has 0 saturated carbocycles. The first kappa shape index (κ1) is 43.4. The summed E-state index contributed by atoms with van der Waals surface area (Å²) >= 11 is 19.3. The van der Waals surface area contributed by atoms with Crippen molar-refractivity contribution in [2.24, 2.45) is 0 Å². The Morgan fingerprint density at radius 3 is 1.59 bits per heavy atom. The van der Waals surface area contributed by atoms with Gasteiger partial charge in [0.15, 0.2) is 11.6 Å². The third-order valence-electron chi connectivity index (χ3n) is 9.42. The second-order valence-electron chi connectivity index (χ2n) is 13.6. The number of ether oxygens (including phenoxy) is 4. The molecule has 0 aliphatic carbocycles. The number of hydrogen-bond donors (Lipinski definition) is 2. The smallest absolute Gasteiger partial charge is 0.151 e. The van der Waals surface area contributed by atoms with Gasteiger partial charge in [-0.25, -0.2) is 19.9 Å². The molecule has 9 aromatic rings. The van der Waals surface area contributed by atoms with Crippen molar-refractivity contribution < 1.29 is 23.7 Å². The number of hydrogen-bond acceptors (Lipinski definition) is 13. The van der Waals surface area contributed by atoms with Crippen molar-refractivity contribution in [3.8, 4) is 33.4 Å². The summed E-state index contributed by atoms with van der Waals surface area (Å²) in [5.41, 5.74) is 7.05. The molecule has 0 unspecified atom stereocenters. The molecule has 0 saturated heterocycles. The summed E-state index contributed by atoms with van der Waals surface area (Å²) in [6.07, 6.45) is 3.91. The summed E-state index contributed by atoms with van der Waals surface area (Å²) in [5, 5.41) is 7.76. The zero-order valence-corrected chi connectivity index (χ0v) is 38.2. The van der Waals surface area contributed by atoms with Crippen LogP contribution in [-0.4, -0.2) is 40.4 Å². The molecule has 4 heterocycles. The number of aromatic nitrogens is 4. The van der Waals surface area contributed by atoms with Crippen molar-refractivity contribution in [3.05, 3.63) is 165 Å². The third-order valence-corrected chi connectivity index (χ3v) is 12.9. The number of methoxy groups -OCH3 is 2. The Morgan fingerprint density at radius 1 is 0.603 bits per heavy atom. The van der Waals surface area contributed by atoms with Gasteiger partial charge in [0.25, 0.3) is 0 Å². The van der Waals surface area contributed by atoms with Crippen LogP contribution in [0.25, 0.3) is 30.9 Å². The molecule has 0 aliphatic heterocycles. The molecule has 0 aliphatic rings. The molecule has 16 heteroatoms. The van der Waals surface area contributed by atoms with E-state index in [1.54, 1.807) is 67.5 Å². The SMILES string of the molecule is COc1ccc(COc2cc(Nc3ncnc4cc(-c5ccc(C=O)cc5)sc34)ccc2Cl)cc1.COc1ccc(COc2cc(Nc3ncnc4cc(Br)sc34)ccc2Cl)cc1. The molecule has 4 aromatic heterocycles. The maximum atomic E-state index is 10.9. The van der Waals surface area contributed by atoms with E-state index in [9.17, 15) is 4.79 Å². The molecule has 316 valence electrons. The number of benzene rings is 5. The molecule has 0 amide bonds. The van der Waals surface area contributed by atoms with Gasteiger partial charge in [0.05, 0.1) is 48.5 Å². The van der Waals surface area contributed by atoms with Crippen LogP contribution in [0.4, 0.5) is 23.0 Å². The van der Waals surface area contributed by atoms with Crippen LogP contribution >= 0.6 is 61.8 Å². The first-order chi connectivity index (χ1) is 30.7. The first-order valence-electron chi connectivity index (χ1n) is 19.1. The van der Waals surface area contributed by atoms with Gasteiger partial charge in [-0.1, -0.05) is 71.7 Å². The van der Waals surface area contributed by atoms with E-state index in [4.69, 9.17) is 42.1 Å². The minimum atomic E-state index is 0.377. The highest BCUT2D eigenvalue weighted by Gasteiger charge is 2.14. The number of nitrogens with zero attached hydrogens (tertiary/aromatic N) is 4. The molecule has 0 bridgehead atoms. The van der Waals surface area contributed by atoms with Gasteiger partial charge in [-0.15, -0.1) is 22.7 Å². The van der Waals surface area contributed by atoms with Crippen LogP contribution < -0.4 is 29.6 Å². The number of aldehydes is 1. The third kappa shape index (κ3) is 10.8. The van der Waals surface area contributed by atoms with Crippen LogP contribution in [0, 0.1) is 0 Å². The average Bonchev–Trinajstić information content (AvgIpc) is 3.94. The van der Waals surface area contributed by atoms with Gasteiger partial charge in [-0.2, -0.15) is 0 Å². The van der Waals surface area contributed by atoms with E-state index in [-0.39, 0.29) is 0 Å². The van der Waals surface area contributed by atoms with Crippen LogP contribution in [0.1, 0.15) is 21.5 Å². The normalized spacial score (nSPS) is 10.8. The van der Waals surface area contributed by atoms with Gasteiger partial charge in [0, 0.05) is 33.9 Å².